The van der Waals surface area contributed by atoms with Gasteiger partial charge >= 0.3 is 0 Å². The van der Waals surface area contributed by atoms with Crippen LogP contribution >= 0.6 is 0 Å². The van der Waals surface area contributed by atoms with Gasteiger partial charge in [-0.15, -0.1) is 0 Å². The minimum absolute atomic E-state index is 0.203. The van der Waals surface area contributed by atoms with Crippen LogP contribution in [0.25, 0.3) is 0 Å². The van der Waals surface area contributed by atoms with E-state index >= 15 is 0 Å². The molecule has 114 valence electrons. The lowest BCUT2D eigenvalue weighted by Gasteiger charge is -2.21. The molecule has 0 aliphatic heterocycles. The molecule has 0 fully saturated rings. The maximum absolute atomic E-state index is 12.1. The Morgan fingerprint density at radius 3 is 2.00 bits per heavy atom. The van der Waals surface area contributed by atoms with Gasteiger partial charge in [0.2, 0.25) is 5.91 Å². The van der Waals surface area contributed by atoms with Crippen LogP contribution in [0.1, 0.15) is 85.0 Å². The van der Waals surface area contributed by atoms with E-state index in [2.05, 4.69) is 20.8 Å². The Morgan fingerprint density at radius 2 is 1.42 bits per heavy atom. The van der Waals surface area contributed by atoms with Crippen molar-refractivity contribution in [2.45, 2.75) is 85.0 Å². The molecule has 19 heavy (non-hydrogen) atoms. The molecule has 0 heterocycles. The molecule has 0 bridgehead atoms. The second-order valence-corrected chi connectivity index (χ2v) is 5.92. The van der Waals surface area contributed by atoms with E-state index in [-0.39, 0.29) is 5.92 Å². The van der Waals surface area contributed by atoms with Gasteiger partial charge in [0.1, 0.15) is 0 Å². The normalized spacial score (nSPS) is 12.4. The standard InChI is InChI=1S/C17H35NO/c1-5-7-9-10-11-12-13-15-18(4)17(19)16(3)14-8-6-2/h16H,5-15H2,1-4H3. The molecule has 1 amide bonds. The van der Waals surface area contributed by atoms with Crippen molar-refractivity contribution in [1.29, 1.82) is 0 Å². The number of hydrogen-bond donors (Lipinski definition) is 0. The molecule has 0 radical (unpaired) electrons. The average Bonchev–Trinajstić information content (AvgIpc) is 2.42. The highest BCUT2D eigenvalue weighted by Gasteiger charge is 2.16. The quantitative estimate of drug-likeness (QED) is 0.455. The fraction of sp³-hybridized carbons (Fsp3) is 0.941. The molecule has 0 aromatic rings. The van der Waals surface area contributed by atoms with Gasteiger partial charge in [-0.1, -0.05) is 72.1 Å². The van der Waals surface area contributed by atoms with Crippen molar-refractivity contribution in [3.63, 3.8) is 0 Å². The number of carbonyl (C=O) groups excluding carboxylic acids is 1. The smallest absolute Gasteiger partial charge is 0.225 e. The monoisotopic (exact) mass is 269 g/mol. The number of hydrogen-bond acceptors (Lipinski definition) is 1. The van der Waals surface area contributed by atoms with Gasteiger partial charge in [-0.2, -0.15) is 0 Å². The summed E-state index contributed by atoms with van der Waals surface area (Å²) in [6.45, 7) is 7.43. The molecule has 0 aliphatic carbocycles. The highest BCUT2D eigenvalue weighted by molar-refractivity contribution is 5.78. The zero-order valence-electron chi connectivity index (χ0n) is 13.7. The first-order chi connectivity index (χ1) is 9.13. The third-order valence-electron chi connectivity index (χ3n) is 3.89. The Balaban J connectivity index is 3.56. The van der Waals surface area contributed by atoms with Crippen molar-refractivity contribution >= 4 is 5.91 Å². The molecular formula is C17H35NO. The van der Waals surface area contributed by atoms with E-state index in [0.717, 1.165) is 25.8 Å². The molecule has 2 heteroatoms. The van der Waals surface area contributed by atoms with Gasteiger partial charge in [-0.05, 0) is 12.8 Å². The van der Waals surface area contributed by atoms with Crippen LogP contribution in [-0.2, 0) is 4.79 Å². The Kier molecular flexibility index (Phi) is 12.2. The Morgan fingerprint density at radius 1 is 0.895 bits per heavy atom. The van der Waals surface area contributed by atoms with Crippen LogP contribution in [0.3, 0.4) is 0 Å². The van der Waals surface area contributed by atoms with Gasteiger partial charge in [-0.25, -0.2) is 0 Å². The van der Waals surface area contributed by atoms with Crippen LogP contribution in [-0.4, -0.2) is 24.4 Å². The lowest BCUT2D eigenvalue weighted by atomic mass is 10.0. The lowest BCUT2D eigenvalue weighted by Crippen LogP contribution is -2.32. The highest BCUT2D eigenvalue weighted by atomic mass is 16.2. The summed E-state index contributed by atoms with van der Waals surface area (Å²) in [6.07, 6.45) is 12.6. The van der Waals surface area contributed by atoms with Crippen LogP contribution in [0.4, 0.5) is 0 Å². The minimum atomic E-state index is 0.203. The third-order valence-corrected chi connectivity index (χ3v) is 3.89. The van der Waals surface area contributed by atoms with Gasteiger partial charge < -0.3 is 4.90 Å². The largest absolute Gasteiger partial charge is 0.346 e. The summed E-state index contributed by atoms with van der Waals surface area (Å²) in [5.41, 5.74) is 0. The number of rotatable bonds is 12. The van der Waals surface area contributed by atoms with Crippen LogP contribution < -0.4 is 0 Å². The van der Waals surface area contributed by atoms with Crippen molar-refractivity contribution < 1.29 is 4.79 Å². The van der Waals surface area contributed by atoms with Gasteiger partial charge in [0, 0.05) is 19.5 Å². The van der Waals surface area contributed by atoms with Gasteiger partial charge in [-0.3, -0.25) is 4.79 Å². The number of unbranched alkanes of at least 4 members (excludes halogenated alkanes) is 7. The first-order valence-electron chi connectivity index (χ1n) is 8.38. The SMILES string of the molecule is CCCCCCCCCN(C)C(=O)C(C)CCCC. The van der Waals surface area contributed by atoms with E-state index in [4.69, 9.17) is 0 Å². The highest BCUT2D eigenvalue weighted by Crippen LogP contribution is 2.12. The first-order valence-corrected chi connectivity index (χ1v) is 8.38. The fourth-order valence-corrected chi connectivity index (χ4v) is 2.43. The van der Waals surface area contributed by atoms with Crippen LogP contribution in [0.2, 0.25) is 0 Å². The van der Waals surface area contributed by atoms with Crippen molar-refractivity contribution in [2.75, 3.05) is 13.6 Å². The van der Waals surface area contributed by atoms with Crippen LogP contribution in [0.15, 0.2) is 0 Å². The first kappa shape index (κ1) is 18.5. The molecule has 1 unspecified atom stereocenters. The third kappa shape index (κ3) is 9.98. The molecule has 0 spiro atoms. The number of amides is 1. The summed E-state index contributed by atoms with van der Waals surface area (Å²) in [5.74, 6) is 0.536. The zero-order valence-corrected chi connectivity index (χ0v) is 13.7. The van der Waals surface area contributed by atoms with E-state index < -0.39 is 0 Å². The fourth-order valence-electron chi connectivity index (χ4n) is 2.43. The summed E-state index contributed by atoms with van der Waals surface area (Å²) >= 11 is 0. The summed E-state index contributed by atoms with van der Waals surface area (Å²) in [7, 11) is 1.96. The minimum Gasteiger partial charge on any atom is -0.346 e. The molecular weight excluding hydrogens is 234 g/mol. The van der Waals surface area contributed by atoms with Gasteiger partial charge in [0.05, 0.1) is 0 Å². The van der Waals surface area contributed by atoms with E-state index in [9.17, 15) is 4.79 Å². The van der Waals surface area contributed by atoms with E-state index in [1.54, 1.807) is 0 Å². The number of nitrogens with zero attached hydrogens (tertiary/aromatic N) is 1. The second-order valence-electron chi connectivity index (χ2n) is 5.92. The van der Waals surface area contributed by atoms with Crippen molar-refractivity contribution in [1.82, 2.24) is 4.90 Å². The predicted octanol–water partition coefficient (Wildman–Crippen LogP) is 5.02. The summed E-state index contributed by atoms with van der Waals surface area (Å²) in [5, 5.41) is 0. The van der Waals surface area contributed by atoms with Gasteiger partial charge in [0.25, 0.3) is 0 Å². The lowest BCUT2D eigenvalue weighted by molar-refractivity contribution is -0.133. The van der Waals surface area contributed by atoms with Crippen molar-refractivity contribution in [2.24, 2.45) is 5.92 Å². The zero-order chi connectivity index (χ0) is 14.5. The molecule has 0 N–H and O–H groups in total. The molecule has 0 aliphatic rings. The van der Waals surface area contributed by atoms with Crippen LogP contribution in [0.5, 0.6) is 0 Å². The molecule has 2 nitrogen and oxygen atoms in total. The summed E-state index contributed by atoms with van der Waals surface area (Å²) in [4.78, 5) is 14.0. The van der Waals surface area contributed by atoms with E-state index in [1.807, 2.05) is 11.9 Å². The summed E-state index contributed by atoms with van der Waals surface area (Å²) in [6, 6.07) is 0. The van der Waals surface area contributed by atoms with Crippen LogP contribution in [0, 0.1) is 5.92 Å². The molecule has 0 saturated carbocycles. The average molecular weight is 269 g/mol. The van der Waals surface area contributed by atoms with Crippen molar-refractivity contribution in [3.8, 4) is 0 Å². The molecule has 0 saturated heterocycles. The van der Waals surface area contributed by atoms with E-state index in [1.165, 1.54) is 44.9 Å². The van der Waals surface area contributed by atoms with Gasteiger partial charge in [0.15, 0.2) is 0 Å². The molecule has 0 aromatic carbocycles. The predicted molar refractivity (Wildman–Crippen MR) is 84.3 cm³/mol. The Hall–Kier alpha value is -0.530. The Bertz CT molecular complexity index is 215. The maximum Gasteiger partial charge on any atom is 0.225 e. The second kappa shape index (κ2) is 12.5. The molecule has 1 atom stereocenters. The van der Waals surface area contributed by atoms with E-state index in [0.29, 0.717) is 5.91 Å². The summed E-state index contributed by atoms with van der Waals surface area (Å²) < 4.78 is 0. The number of carbonyl (C=O) groups is 1. The molecule has 0 aromatic heterocycles. The van der Waals surface area contributed by atoms with Crippen molar-refractivity contribution in [3.05, 3.63) is 0 Å². The maximum atomic E-state index is 12.1. The topological polar surface area (TPSA) is 20.3 Å². The Labute approximate surface area is 120 Å². The molecule has 0 rings (SSSR count).